The number of amides is 2. The summed E-state index contributed by atoms with van der Waals surface area (Å²) < 4.78 is 0. The van der Waals surface area contributed by atoms with E-state index in [1.54, 1.807) is 0 Å². The smallest absolute Gasteiger partial charge is 0.315 e. The number of carboxylic acids is 1. The van der Waals surface area contributed by atoms with E-state index in [2.05, 4.69) is 6.58 Å². The number of carbonyl (C=O) groups excluding carboxylic acids is 1. The van der Waals surface area contributed by atoms with Crippen LogP contribution in [0.25, 0.3) is 0 Å². The molecule has 12 heavy (non-hydrogen) atoms. The van der Waals surface area contributed by atoms with Gasteiger partial charge in [-0.1, -0.05) is 6.08 Å². The van der Waals surface area contributed by atoms with E-state index >= 15 is 0 Å². The lowest BCUT2D eigenvalue weighted by atomic mass is 10.4. The van der Waals surface area contributed by atoms with E-state index in [1.165, 1.54) is 11.0 Å². The quantitative estimate of drug-likeness (QED) is 0.574. The summed E-state index contributed by atoms with van der Waals surface area (Å²) in [5.74, 6) is -0.953. The van der Waals surface area contributed by atoms with Gasteiger partial charge in [-0.2, -0.15) is 0 Å². The van der Waals surface area contributed by atoms with Gasteiger partial charge in [0, 0.05) is 13.1 Å². The molecule has 0 aromatic carbocycles. The molecule has 0 aliphatic rings. The number of urea groups is 1. The van der Waals surface area contributed by atoms with Crippen LogP contribution in [-0.4, -0.2) is 35.1 Å². The van der Waals surface area contributed by atoms with Crippen molar-refractivity contribution in [1.82, 2.24) is 4.90 Å². The van der Waals surface area contributed by atoms with Gasteiger partial charge in [0.2, 0.25) is 0 Å². The topological polar surface area (TPSA) is 83.6 Å². The van der Waals surface area contributed by atoms with E-state index in [9.17, 15) is 9.59 Å². The Morgan fingerprint density at radius 2 is 2.17 bits per heavy atom. The first kappa shape index (κ1) is 10.5. The van der Waals surface area contributed by atoms with Gasteiger partial charge < -0.3 is 15.7 Å². The van der Waals surface area contributed by atoms with Crippen LogP contribution in [0, 0.1) is 0 Å². The van der Waals surface area contributed by atoms with Crippen molar-refractivity contribution < 1.29 is 14.7 Å². The fraction of sp³-hybridized carbons (Fsp3) is 0.429. The van der Waals surface area contributed by atoms with Crippen molar-refractivity contribution in [2.75, 3.05) is 13.1 Å². The number of carboxylic acid groups (broad SMARTS) is 1. The molecule has 0 aromatic heterocycles. The summed E-state index contributed by atoms with van der Waals surface area (Å²) in [5.41, 5.74) is 4.96. The van der Waals surface area contributed by atoms with Gasteiger partial charge in [0.05, 0.1) is 6.42 Å². The molecule has 0 heterocycles. The number of primary amides is 1. The Bertz CT molecular complexity index is 191. The predicted octanol–water partition coefficient (Wildman–Crippen LogP) is 0.0278. The number of hydrogen-bond acceptors (Lipinski definition) is 2. The standard InChI is InChI=1S/C7H12N2O3/c1-2-4-9(7(8)12)5-3-6(10)11/h2H,1,3-5H2,(H2,8,12)(H,10,11). The van der Waals surface area contributed by atoms with Crippen molar-refractivity contribution in [2.45, 2.75) is 6.42 Å². The molecule has 0 rings (SSSR count). The van der Waals surface area contributed by atoms with Crippen LogP contribution in [-0.2, 0) is 4.79 Å². The molecule has 0 saturated carbocycles. The third kappa shape index (κ3) is 4.32. The minimum Gasteiger partial charge on any atom is -0.481 e. The molecule has 0 radical (unpaired) electrons. The Balaban J connectivity index is 3.86. The minimum atomic E-state index is -0.953. The molecule has 0 aliphatic carbocycles. The lowest BCUT2D eigenvalue weighted by Gasteiger charge is -2.16. The van der Waals surface area contributed by atoms with Gasteiger partial charge in [-0.25, -0.2) is 4.79 Å². The second kappa shape index (κ2) is 5.17. The second-order valence-corrected chi connectivity index (χ2v) is 2.22. The minimum absolute atomic E-state index is 0.100. The number of nitrogens with zero attached hydrogens (tertiary/aromatic N) is 1. The third-order valence-electron chi connectivity index (χ3n) is 1.26. The number of nitrogens with two attached hydrogens (primary N) is 1. The third-order valence-corrected chi connectivity index (χ3v) is 1.26. The molecule has 0 aliphatic heterocycles. The lowest BCUT2D eigenvalue weighted by Crippen LogP contribution is -2.37. The fourth-order valence-electron chi connectivity index (χ4n) is 0.678. The molecule has 0 saturated heterocycles. The van der Waals surface area contributed by atoms with Gasteiger partial charge >= 0.3 is 12.0 Å². The normalized spacial score (nSPS) is 9.00. The average Bonchev–Trinajstić information content (AvgIpc) is 1.96. The maximum atomic E-state index is 10.6. The molecule has 0 spiro atoms. The van der Waals surface area contributed by atoms with Crippen LogP contribution in [0.1, 0.15) is 6.42 Å². The van der Waals surface area contributed by atoms with Crippen molar-refractivity contribution in [3.63, 3.8) is 0 Å². The zero-order valence-electron chi connectivity index (χ0n) is 6.69. The van der Waals surface area contributed by atoms with Gasteiger partial charge in [-0.3, -0.25) is 4.79 Å². The Morgan fingerprint density at radius 3 is 2.50 bits per heavy atom. The number of aliphatic carboxylic acids is 1. The Kier molecular flexibility index (Phi) is 4.52. The molecular formula is C7H12N2O3. The van der Waals surface area contributed by atoms with Crippen molar-refractivity contribution >= 4 is 12.0 Å². The van der Waals surface area contributed by atoms with Crippen molar-refractivity contribution in [2.24, 2.45) is 5.73 Å². The summed E-state index contributed by atoms with van der Waals surface area (Å²) in [5, 5.41) is 8.31. The molecule has 5 heteroatoms. The maximum absolute atomic E-state index is 10.6. The van der Waals surface area contributed by atoms with Gasteiger partial charge in [0.25, 0.3) is 0 Å². The first-order valence-electron chi connectivity index (χ1n) is 3.45. The molecule has 0 fully saturated rings. The summed E-state index contributed by atoms with van der Waals surface area (Å²) in [6.07, 6.45) is 1.39. The average molecular weight is 172 g/mol. The fourth-order valence-corrected chi connectivity index (χ4v) is 0.678. The molecule has 0 bridgehead atoms. The summed E-state index contributed by atoms with van der Waals surface area (Å²) in [7, 11) is 0. The maximum Gasteiger partial charge on any atom is 0.315 e. The highest BCUT2D eigenvalue weighted by Crippen LogP contribution is 1.91. The Labute approximate surface area is 70.5 Å². The molecule has 0 aromatic rings. The summed E-state index contributed by atoms with van der Waals surface area (Å²) in [4.78, 5) is 21.9. The van der Waals surface area contributed by atoms with E-state index in [4.69, 9.17) is 10.8 Å². The molecule has 5 nitrogen and oxygen atoms in total. The van der Waals surface area contributed by atoms with Gasteiger partial charge in [-0.05, 0) is 0 Å². The summed E-state index contributed by atoms with van der Waals surface area (Å²) in [6, 6.07) is -0.629. The molecule has 68 valence electrons. The molecule has 3 N–H and O–H groups in total. The first-order chi connectivity index (χ1) is 5.57. The Hall–Kier alpha value is -1.52. The van der Waals surface area contributed by atoms with Crippen LogP contribution < -0.4 is 5.73 Å². The summed E-state index contributed by atoms with van der Waals surface area (Å²) in [6.45, 7) is 3.82. The van der Waals surface area contributed by atoms with Crippen LogP contribution >= 0.6 is 0 Å². The molecule has 0 unspecified atom stereocenters. The number of hydrogen-bond donors (Lipinski definition) is 2. The van der Waals surface area contributed by atoms with E-state index in [-0.39, 0.29) is 19.5 Å². The predicted molar refractivity (Wildman–Crippen MR) is 43.6 cm³/mol. The zero-order valence-corrected chi connectivity index (χ0v) is 6.69. The molecule has 2 amide bonds. The second-order valence-electron chi connectivity index (χ2n) is 2.22. The Morgan fingerprint density at radius 1 is 1.58 bits per heavy atom. The van der Waals surface area contributed by atoms with Crippen LogP contribution in [0.2, 0.25) is 0 Å². The van der Waals surface area contributed by atoms with Crippen molar-refractivity contribution in [3.05, 3.63) is 12.7 Å². The van der Waals surface area contributed by atoms with Gasteiger partial charge in [0.1, 0.15) is 0 Å². The zero-order chi connectivity index (χ0) is 9.56. The monoisotopic (exact) mass is 172 g/mol. The lowest BCUT2D eigenvalue weighted by molar-refractivity contribution is -0.137. The highest BCUT2D eigenvalue weighted by molar-refractivity contribution is 5.73. The first-order valence-corrected chi connectivity index (χ1v) is 3.45. The number of rotatable bonds is 5. The van der Waals surface area contributed by atoms with Crippen LogP contribution in [0.5, 0.6) is 0 Å². The highest BCUT2D eigenvalue weighted by Gasteiger charge is 2.08. The van der Waals surface area contributed by atoms with Crippen LogP contribution in [0.15, 0.2) is 12.7 Å². The van der Waals surface area contributed by atoms with Gasteiger partial charge in [-0.15, -0.1) is 6.58 Å². The molecular weight excluding hydrogens is 160 g/mol. The van der Waals surface area contributed by atoms with E-state index in [1.807, 2.05) is 0 Å². The van der Waals surface area contributed by atoms with Gasteiger partial charge in [0.15, 0.2) is 0 Å². The van der Waals surface area contributed by atoms with Crippen molar-refractivity contribution in [1.29, 1.82) is 0 Å². The van der Waals surface area contributed by atoms with E-state index < -0.39 is 12.0 Å². The number of carbonyl (C=O) groups is 2. The highest BCUT2D eigenvalue weighted by atomic mass is 16.4. The van der Waals surface area contributed by atoms with E-state index in [0.717, 1.165) is 0 Å². The van der Waals surface area contributed by atoms with E-state index in [0.29, 0.717) is 0 Å². The summed E-state index contributed by atoms with van der Waals surface area (Å²) >= 11 is 0. The SMILES string of the molecule is C=CCN(CCC(=O)O)C(N)=O. The van der Waals surface area contributed by atoms with Crippen LogP contribution in [0.3, 0.4) is 0 Å². The van der Waals surface area contributed by atoms with Crippen molar-refractivity contribution in [3.8, 4) is 0 Å². The van der Waals surface area contributed by atoms with Crippen LogP contribution in [0.4, 0.5) is 4.79 Å². The molecule has 0 atom stereocenters. The largest absolute Gasteiger partial charge is 0.481 e.